The van der Waals surface area contributed by atoms with Gasteiger partial charge in [0.05, 0.1) is 6.10 Å². The van der Waals surface area contributed by atoms with E-state index < -0.39 is 17.7 Å². The number of rotatable bonds is 2. The molecule has 1 atom stereocenters. The molecule has 1 heterocycles. The normalized spacial score (nSPS) is 19.9. The van der Waals surface area contributed by atoms with Gasteiger partial charge in [0.25, 0.3) is 0 Å². The monoisotopic (exact) mass is 267 g/mol. The van der Waals surface area contributed by atoms with E-state index in [0.717, 1.165) is 30.7 Å². The van der Waals surface area contributed by atoms with Crippen LogP contribution in [0.3, 0.4) is 0 Å². The molecule has 1 aliphatic heterocycles. The Labute approximate surface area is 110 Å². The van der Waals surface area contributed by atoms with Crippen LogP contribution in [0.1, 0.15) is 18.4 Å². The SMILES string of the molecule is O=C(C=Cc1c(F)cccc1F)N1CCCC(O)C1. The molecule has 1 saturated heterocycles. The first-order valence-electron chi connectivity index (χ1n) is 6.17. The molecule has 2 rings (SSSR count). The maximum atomic E-state index is 13.3. The minimum atomic E-state index is -0.706. The maximum absolute atomic E-state index is 13.3. The van der Waals surface area contributed by atoms with Gasteiger partial charge in [0, 0.05) is 24.7 Å². The van der Waals surface area contributed by atoms with Crippen molar-refractivity contribution in [1.82, 2.24) is 4.90 Å². The number of carbonyl (C=O) groups is 1. The van der Waals surface area contributed by atoms with Crippen LogP contribution in [-0.4, -0.2) is 35.1 Å². The first-order valence-corrected chi connectivity index (χ1v) is 6.17. The molecule has 5 heteroatoms. The van der Waals surface area contributed by atoms with Gasteiger partial charge in [0.1, 0.15) is 11.6 Å². The van der Waals surface area contributed by atoms with Crippen molar-refractivity contribution in [1.29, 1.82) is 0 Å². The minimum Gasteiger partial charge on any atom is -0.391 e. The molecule has 1 aromatic rings. The van der Waals surface area contributed by atoms with Gasteiger partial charge in [0.15, 0.2) is 0 Å². The van der Waals surface area contributed by atoms with Gasteiger partial charge in [-0.2, -0.15) is 0 Å². The van der Waals surface area contributed by atoms with E-state index >= 15 is 0 Å². The van der Waals surface area contributed by atoms with E-state index in [1.54, 1.807) is 0 Å². The Morgan fingerprint density at radius 3 is 2.68 bits per heavy atom. The van der Waals surface area contributed by atoms with E-state index in [0.29, 0.717) is 13.0 Å². The number of aliphatic hydroxyl groups excluding tert-OH is 1. The highest BCUT2D eigenvalue weighted by Crippen LogP contribution is 2.15. The zero-order chi connectivity index (χ0) is 13.8. The molecule has 1 N–H and O–H groups in total. The molecule has 0 spiro atoms. The summed E-state index contributed by atoms with van der Waals surface area (Å²) in [5, 5.41) is 9.46. The van der Waals surface area contributed by atoms with Gasteiger partial charge in [-0.05, 0) is 31.1 Å². The molecule has 19 heavy (non-hydrogen) atoms. The second-order valence-corrected chi connectivity index (χ2v) is 4.55. The maximum Gasteiger partial charge on any atom is 0.246 e. The number of halogens is 2. The molecule has 1 aromatic carbocycles. The molecule has 1 aliphatic rings. The average Bonchev–Trinajstić information content (AvgIpc) is 2.38. The molecule has 102 valence electrons. The van der Waals surface area contributed by atoms with E-state index in [9.17, 15) is 18.7 Å². The van der Waals surface area contributed by atoms with E-state index in [4.69, 9.17) is 0 Å². The lowest BCUT2D eigenvalue weighted by atomic mass is 10.1. The van der Waals surface area contributed by atoms with Gasteiger partial charge in [-0.1, -0.05) is 6.07 Å². The van der Waals surface area contributed by atoms with Crippen LogP contribution in [0.5, 0.6) is 0 Å². The molecule has 0 radical (unpaired) electrons. The lowest BCUT2D eigenvalue weighted by Crippen LogP contribution is -2.41. The van der Waals surface area contributed by atoms with Gasteiger partial charge in [-0.15, -0.1) is 0 Å². The highest BCUT2D eigenvalue weighted by Gasteiger charge is 2.20. The third-order valence-corrected chi connectivity index (χ3v) is 3.10. The van der Waals surface area contributed by atoms with Crippen LogP contribution in [-0.2, 0) is 4.79 Å². The molecule has 1 unspecified atom stereocenters. The number of amides is 1. The van der Waals surface area contributed by atoms with Crippen molar-refractivity contribution in [3.63, 3.8) is 0 Å². The number of aliphatic hydroxyl groups is 1. The van der Waals surface area contributed by atoms with Gasteiger partial charge >= 0.3 is 0 Å². The fraction of sp³-hybridized carbons (Fsp3) is 0.357. The lowest BCUT2D eigenvalue weighted by molar-refractivity contribution is -0.128. The fourth-order valence-corrected chi connectivity index (χ4v) is 2.08. The molecule has 0 bridgehead atoms. The molecule has 1 amide bonds. The molecule has 0 saturated carbocycles. The minimum absolute atomic E-state index is 0.228. The molecular weight excluding hydrogens is 252 g/mol. The predicted octanol–water partition coefficient (Wildman–Crippen LogP) is 1.96. The zero-order valence-electron chi connectivity index (χ0n) is 10.4. The quantitative estimate of drug-likeness (QED) is 0.832. The van der Waals surface area contributed by atoms with Gasteiger partial charge in [-0.25, -0.2) is 8.78 Å². The summed E-state index contributed by atoms with van der Waals surface area (Å²) >= 11 is 0. The van der Waals surface area contributed by atoms with Crippen LogP contribution in [0, 0.1) is 11.6 Å². The smallest absolute Gasteiger partial charge is 0.246 e. The predicted molar refractivity (Wildman–Crippen MR) is 67.2 cm³/mol. The van der Waals surface area contributed by atoms with E-state index in [1.807, 2.05) is 0 Å². The number of hydrogen-bond acceptors (Lipinski definition) is 2. The summed E-state index contributed by atoms with van der Waals surface area (Å²) in [6.45, 7) is 0.822. The number of hydrogen-bond donors (Lipinski definition) is 1. The molecule has 0 aliphatic carbocycles. The number of piperidine rings is 1. The second kappa shape index (κ2) is 5.93. The Morgan fingerprint density at radius 2 is 2.05 bits per heavy atom. The van der Waals surface area contributed by atoms with Gasteiger partial charge < -0.3 is 10.0 Å². The van der Waals surface area contributed by atoms with E-state index in [2.05, 4.69) is 0 Å². The Morgan fingerprint density at radius 1 is 1.37 bits per heavy atom. The molecule has 0 aromatic heterocycles. The van der Waals surface area contributed by atoms with Crippen molar-refractivity contribution in [2.24, 2.45) is 0 Å². The summed E-state index contributed by atoms with van der Waals surface area (Å²) in [5.74, 6) is -1.76. The highest BCUT2D eigenvalue weighted by atomic mass is 19.1. The van der Waals surface area contributed by atoms with Crippen LogP contribution in [0.2, 0.25) is 0 Å². The Balaban J connectivity index is 2.08. The summed E-state index contributed by atoms with van der Waals surface area (Å²) < 4.78 is 26.7. The van der Waals surface area contributed by atoms with Crippen molar-refractivity contribution in [2.45, 2.75) is 18.9 Å². The Kier molecular flexibility index (Phi) is 4.27. The van der Waals surface area contributed by atoms with Crippen molar-refractivity contribution >= 4 is 12.0 Å². The number of likely N-dealkylation sites (tertiary alicyclic amines) is 1. The van der Waals surface area contributed by atoms with E-state index in [-0.39, 0.29) is 18.0 Å². The van der Waals surface area contributed by atoms with Gasteiger partial charge in [-0.3, -0.25) is 4.79 Å². The van der Waals surface area contributed by atoms with Gasteiger partial charge in [0.2, 0.25) is 5.91 Å². The van der Waals surface area contributed by atoms with Crippen LogP contribution >= 0.6 is 0 Å². The van der Waals surface area contributed by atoms with Crippen LogP contribution in [0.4, 0.5) is 8.78 Å². The molecule has 3 nitrogen and oxygen atoms in total. The first kappa shape index (κ1) is 13.7. The molecule has 1 fully saturated rings. The number of benzene rings is 1. The summed E-state index contributed by atoms with van der Waals surface area (Å²) in [6.07, 6.45) is 3.16. The van der Waals surface area contributed by atoms with Crippen molar-refractivity contribution < 1.29 is 18.7 Å². The zero-order valence-corrected chi connectivity index (χ0v) is 10.4. The van der Waals surface area contributed by atoms with Crippen molar-refractivity contribution in [2.75, 3.05) is 13.1 Å². The fourth-order valence-electron chi connectivity index (χ4n) is 2.08. The number of nitrogens with zero attached hydrogens (tertiary/aromatic N) is 1. The average molecular weight is 267 g/mol. The third kappa shape index (κ3) is 3.38. The molecular formula is C14H15F2NO2. The Bertz CT molecular complexity index is 482. The number of β-amino-alcohol motifs (C(OH)–C–C–N with tert-alkyl or cyclic N) is 1. The topological polar surface area (TPSA) is 40.5 Å². The van der Waals surface area contributed by atoms with Crippen molar-refractivity contribution in [3.05, 3.63) is 41.5 Å². The number of carbonyl (C=O) groups excluding carboxylic acids is 1. The van der Waals surface area contributed by atoms with Crippen molar-refractivity contribution in [3.8, 4) is 0 Å². The Hall–Kier alpha value is -1.75. The summed E-state index contributed by atoms with van der Waals surface area (Å²) in [6, 6.07) is 3.54. The standard InChI is InChI=1S/C14H15F2NO2/c15-12-4-1-5-13(16)11(12)6-7-14(19)17-8-2-3-10(18)9-17/h1,4-7,10,18H,2-3,8-9H2. The van der Waals surface area contributed by atoms with Crippen LogP contribution < -0.4 is 0 Å². The van der Waals surface area contributed by atoms with Crippen LogP contribution in [0.15, 0.2) is 24.3 Å². The van der Waals surface area contributed by atoms with Crippen LogP contribution in [0.25, 0.3) is 6.08 Å². The summed E-state index contributed by atoms with van der Waals surface area (Å²) in [7, 11) is 0. The van der Waals surface area contributed by atoms with E-state index in [1.165, 1.54) is 11.0 Å². The largest absolute Gasteiger partial charge is 0.391 e. The summed E-state index contributed by atoms with van der Waals surface area (Å²) in [5.41, 5.74) is -0.228. The third-order valence-electron chi connectivity index (χ3n) is 3.10. The highest BCUT2D eigenvalue weighted by molar-refractivity contribution is 5.91. The summed E-state index contributed by atoms with van der Waals surface area (Å²) in [4.78, 5) is 13.3. The second-order valence-electron chi connectivity index (χ2n) is 4.55. The lowest BCUT2D eigenvalue weighted by Gasteiger charge is -2.29. The first-order chi connectivity index (χ1) is 9.08.